The molecule has 0 bridgehead atoms. The third kappa shape index (κ3) is 6.60. The Labute approximate surface area is 118 Å². The quantitative estimate of drug-likeness (QED) is 0.218. The van der Waals surface area contributed by atoms with Crippen molar-refractivity contribution in [2.45, 2.75) is 37.5 Å². The second kappa shape index (κ2) is 10.0. The molecule has 0 aliphatic rings. The van der Waals surface area contributed by atoms with Crippen LogP contribution in [-0.4, -0.2) is 69.5 Å². The molecule has 0 radical (unpaired) electrons. The summed E-state index contributed by atoms with van der Waals surface area (Å²) in [6.07, 6.45) is -1.55. The van der Waals surface area contributed by atoms with E-state index >= 15 is 0 Å². The minimum absolute atomic E-state index is 0.00716. The summed E-state index contributed by atoms with van der Waals surface area (Å²) in [4.78, 5) is 11.1. The van der Waals surface area contributed by atoms with Gasteiger partial charge in [-0.15, -0.1) is 0 Å². The van der Waals surface area contributed by atoms with Crippen molar-refractivity contribution >= 4 is 5.97 Å². The van der Waals surface area contributed by atoms with Gasteiger partial charge in [-0.25, -0.2) is 0 Å². The smallest absolute Gasteiger partial charge is 0.320 e. The van der Waals surface area contributed by atoms with Gasteiger partial charge < -0.3 is 37.0 Å². The SMILES string of the molecule is NCCC(CC(O)CO)C(CC(O)CO)C(N)C(=O)O. The summed E-state index contributed by atoms with van der Waals surface area (Å²) in [7, 11) is 0. The highest BCUT2D eigenvalue weighted by Gasteiger charge is 2.33. The van der Waals surface area contributed by atoms with E-state index in [9.17, 15) is 15.0 Å². The average molecular weight is 294 g/mol. The molecule has 0 amide bonds. The van der Waals surface area contributed by atoms with Crippen LogP contribution in [0.1, 0.15) is 19.3 Å². The Bertz CT molecular complexity index is 279. The molecule has 0 aromatic carbocycles. The van der Waals surface area contributed by atoms with Crippen molar-refractivity contribution in [2.75, 3.05) is 19.8 Å². The maximum absolute atomic E-state index is 11.1. The van der Waals surface area contributed by atoms with E-state index in [1.54, 1.807) is 0 Å². The van der Waals surface area contributed by atoms with Gasteiger partial charge in [0.05, 0.1) is 25.4 Å². The molecular formula is C12H26N2O6. The van der Waals surface area contributed by atoms with E-state index in [4.69, 9.17) is 26.8 Å². The fourth-order valence-corrected chi connectivity index (χ4v) is 2.35. The van der Waals surface area contributed by atoms with E-state index in [1.807, 2.05) is 0 Å². The Morgan fingerprint density at radius 3 is 1.95 bits per heavy atom. The first-order valence-electron chi connectivity index (χ1n) is 6.63. The maximum atomic E-state index is 11.1. The van der Waals surface area contributed by atoms with Crippen LogP contribution < -0.4 is 11.5 Å². The summed E-state index contributed by atoms with van der Waals surface area (Å²) in [6, 6.07) is -1.24. The first-order chi connectivity index (χ1) is 9.37. The number of carboxylic acid groups (broad SMARTS) is 1. The largest absolute Gasteiger partial charge is 0.480 e. The molecule has 0 aromatic rings. The number of aliphatic carboxylic acids is 1. The van der Waals surface area contributed by atoms with Crippen molar-refractivity contribution < 1.29 is 30.3 Å². The minimum atomic E-state index is -1.24. The van der Waals surface area contributed by atoms with Gasteiger partial charge in [-0.2, -0.15) is 0 Å². The molecule has 120 valence electrons. The molecule has 0 aliphatic heterocycles. The summed E-state index contributed by atoms with van der Waals surface area (Å²) in [5.74, 6) is -2.24. The van der Waals surface area contributed by atoms with Crippen LogP contribution in [0.15, 0.2) is 0 Å². The molecule has 9 N–H and O–H groups in total. The van der Waals surface area contributed by atoms with Gasteiger partial charge in [-0.05, 0) is 37.6 Å². The Balaban J connectivity index is 5.01. The second-order valence-corrected chi connectivity index (χ2v) is 5.01. The standard InChI is InChI=1S/C12H26N2O6/c13-2-1-7(3-8(17)5-15)10(4-9(18)6-16)11(14)12(19)20/h7-11,15-18H,1-6,13-14H2,(H,19,20). The van der Waals surface area contributed by atoms with Crippen molar-refractivity contribution in [3.05, 3.63) is 0 Å². The van der Waals surface area contributed by atoms with Crippen LogP contribution in [0.2, 0.25) is 0 Å². The summed E-state index contributed by atoms with van der Waals surface area (Å²) >= 11 is 0. The minimum Gasteiger partial charge on any atom is -0.480 e. The second-order valence-electron chi connectivity index (χ2n) is 5.01. The normalized spacial score (nSPS) is 19.1. The Morgan fingerprint density at radius 1 is 1.05 bits per heavy atom. The predicted octanol–water partition coefficient (Wildman–Crippen LogP) is -2.53. The van der Waals surface area contributed by atoms with Crippen molar-refractivity contribution in [1.29, 1.82) is 0 Å². The van der Waals surface area contributed by atoms with E-state index < -0.39 is 43.4 Å². The summed E-state index contributed by atoms with van der Waals surface area (Å²) in [6.45, 7) is -0.680. The molecule has 20 heavy (non-hydrogen) atoms. The molecule has 0 saturated heterocycles. The lowest BCUT2D eigenvalue weighted by Gasteiger charge is -2.32. The van der Waals surface area contributed by atoms with Crippen LogP contribution >= 0.6 is 0 Å². The molecule has 5 unspecified atom stereocenters. The summed E-state index contributed by atoms with van der Waals surface area (Å²) in [5.41, 5.74) is 11.1. The van der Waals surface area contributed by atoms with Crippen molar-refractivity contribution in [2.24, 2.45) is 23.3 Å². The number of hydrogen-bond acceptors (Lipinski definition) is 7. The van der Waals surface area contributed by atoms with Gasteiger partial charge >= 0.3 is 5.97 Å². The number of carboxylic acids is 1. The first-order valence-corrected chi connectivity index (χ1v) is 6.63. The zero-order valence-electron chi connectivity index (χ0n) is 11.4. The van der Waals surface area contributed by atoms with Crippen LogP contribution in [0.5, 0.6) is 0 Å². The van der Waals surface area contributed by atoms with Crippen LogP contribution in [0.4, 0.5) is 0 Å². The van der Waals surface area contributed by atoms with Crippen LogP contribution in [0.25, 0.3) is 0 Å². The zero-order valence-corrected chi connectivity index (χ0v) is 11.4. The summed E-state index contributed by atoms with van der Waals surface area (Å²) in [5, 5.41) is 45.9. The monoisotopic (exact) mass is 294 g/mol. The average Bonchev–Trinajstić information content (AvgIpc) is 2.42. The van der Waals surface area contributed by atoms with E-state index in [-0.39, 0.29) is 25.3 Å². The lowest BCUT2D eigenvalue weighted by molar-refractivity contribution is -0.141. The van der Waals surface area contributed by atoms with Gasteiger partial charge in [0.25, 0.3) is 0 Å². The van der Waals surface area contributed by atoms with E-state index in [2.05, 4.69) is 0 Å². The number of aliphatic hydroxyl groups excluding tert-OH is 4. The molecule has 0 saturated carbocycles. The van der Waals surface area contributed by atoms with E-state index in [0.29, 0.717) is 6.42 Å². The molecule has 0 aromatic heterocycles. The molecule has 0 rings (SSSR count). The zero-order chi connectivity index (χ0) is 15.7. The highest BCUT2D eigenvalue weighted by Crippen LogP contribution is 2.28. The number of rotatable bonds is 11. The number of hydrogen-bond donors (Lipinski definition) is 7. The fraction of sp³-hybridized carbons (Fsp3) is 0.917. The molecule has 8 nitrogen and oxygen atoms in total. The van der Waals surface area contributed by atoms with Crippen LogP contribution in [0, 0.1) is 11.8 Å². The highest BCUT2D eigenvalue weighted by molar-refractivity contribution is 5.73. The summed E-state index contributed by atoms with van der Waals surface area (Å²) < 4.78 is 0. The fourth-order valence-electron chi connectivity index (χ4n) is 2.35. The van der Waals surface area contributed by atoms with Gasteiger partial charge in [-0.3, -0.25) is 4.79 Å². The van der Waals surface area contributed by atoms with Gasteiger partial charge in [0.15, 0.2) is 0 Å². The number of aliphatic hydroxyl groups is 4. The first kappa shape index (κ1) is 19.2. The lowest BCUT2D eigenvalue weighted by atomic mass is 9.77. The third-order valence-electron chi connectivity index (χ3n) is 3.43. The van der Waals surface area contributed by atoms with Crippen molar-refractivity contribution in [3.8, 4) is 0 Å². The Hall–Kier alpha value is -0.770. The Morgan fingerprint density at radius 2 is 1.55 bits per heavy atom. The molecule has 5 atom stereocenters. The molecule has 0 aliphatic carbocycles. The molecule has 0 heterocycles. The van der Waals surface area contributed by atoms with Crippen LogP contribution in [0.3, 0.4) is 0 Å². The maximum Gasteiger partial charge on any atom is 0.320 e. The molecule has 0 fully saturated rings. The third-order valence-corrected chi connectivity index (χ3v) is 3.43. The predicted molar refractivity (Wildman–Crippen MR) is 71.7 cm³/mol. The van der Waals surface area contributed by atoms with E-state index in [1.165, 1.54) is 0 Å². The van der Waals surface area contributed by atoms with Gasteiger partial charge in [-0.1, -0.05) is 0 Å². The Kier molecular flexibility index (Phi) is 9.64. The van der Waals surface area contributed by atoms with Crippen molar-refractivity contribution in [3.63, 3.8) is 0 Å². The van der Waals surface area contributed by atoms with E-state index in [0.717, 1.165) is 0 Å². The molecular weight excluding hydrogens is 268 g/mol. The van der Waals surface area contributed by atoms with Gasteiger partial charge in [0.1, 0.15) is 6.04 Å². The number of nitrogens with two attached hydrogens (primary N) is 2. The highest BCUT2D eigenvalue weighted by atomic mass is 16.4. The van der Waals surface area contributed by atoms with Gasteiger partial charge in [0, 0.05) is 0 Å². The van der Waals surface area contributed by atoms with Crippen LogP contribution in [-0.2, 0) is 4.79 Å². The topological polar surface area (TPSA) is 170 Å². The lowest BCUT2D eigenvalue weighted by Crippen LogP contribution is -2.45. The molecule has 0 spiro atoms. The van der Waals surface area contributed by atoms with Crippen molar-refractivity contribution in [1.82, 2.24) is 0 Å². The number of carbonyl (C=O) groups is 1. The molecule has 8 heteroatoms. The van der Waals surface area contributed by atoms with Gasteiger partial charge in [0.2, 0.25) is 0 Å².